The third kappa shape index (κ3) is 2.51. The van der Waals surface area contributed by atoms with Crippen LogP contribution in [0, 0.1) is 19.3 Å². The molecule has 1 aliphatic rings. The molecule has 110 valence electrons. The maximum Gasteiger partial charge on any atom is 0.241 e. The van der Waals surface area contributed by atoms with Gasteiger partial charge in [0.1, 0.15) is 16.9 Å². The van der Waals surface area contributed by atoms with E-state index >= 15 is 0 Å². The van der Waals surface area contributed by atoms with E-state index in [1.165, 1.54) is 0 Å². The molecule has 0 aromatic carbocycles. The van der Waals surface area contributed by atoms with Gasteiger partial charge in [0.25, 0.3) is 0 Å². The summed E-state index contributed by atoms with van der Waals surface area (Å²) in [5.41, 5.74) is -1.07. The number of anilines is 2. The van der Waals surface area contributed by atoms with E-state index in [0.717, 1.165) is 0 Å². The molecule has 8 nitrogen and oxygen atoms in total. The summed E-state index contributed by atoms with van der Waals surface area (Å²) in [6, 6.07) is 3.18. The van der Waals surface area contributed by atoms with Crippen molar-refractivity contribution < 1.29 is 18.6 Å². The number of nitrogens with one attached hydrogen (secondary N) is 2. The second-order valence-corrected chi connectivity index (χ2v) is 5.14. The Labute approximate surface area is 119 Å². The smallest absolute Gasteiger partial charge is 0.241 e. The summed E-state index contributed by atoms with van der Waals surface area (Å²) in [6.07, 6.45) is 0.969. The molecular weight excluding hydrogens is 276 g/mol. The number of hydrogen-bond acceptors (Lipinski definition) is 6. The average molecular weight is 290 g/mol. The Bertz CT molecular complexity index is 642. The van der Waals surface area contributed by atoms with Crippen molar-refractivity contribution in [2.75, 3.05) is 10.6 Å². The molecule has 2 heterocycles. The van der Waals surface area contributed by atoms with Crippen molar-refractivity contribution in [2.45, 2.75) is 26.7 Å². The van der Waals surface area contributed by atoms with Gasteiger partial charge in [-0.25, -0.2) is 0 Å². The van der Waals surface area contributed by atoms with Crippen LogP contribution in [0.15, 0.2) is 21.2 Å². The van der Waals surface area contributed by atoms with E-state index in [0.29, 0.717) is 36.0 Å². The maximum atomic E-state index is 12.2. The highest BCUT2D eigenvalue weighted by Gasteiger charge is 2.56. The van der Waals surface area contributed by atoms with Gasteiger partial charge in [0.05, 0.1) is 0 Å². The van der Waals surface area contributed by atoms with Gasteiger partial charge in [-0.3, -0.25) is 9.59 Å². The first-order valence-electron chi connectivity index (χ1n) is 6.49. The van der Waals surface area contributed by atoms with Gasteiger partial charge in [-0.1, -0.05) is 10.3 Å². The minimum absolute atomic E-state index is 0.300. The number of rotatable bonds is 4. The molecule has 8 heteroatoms. The van der Waals surface area contributed by atoms with Crippen LogP contribution in [-0.2, 0) is 9.59 Å². The number of amides is 2. The highest BCUT2D eigenvalue weighted by Crippen LogP contribution is 2.47. The fourth-order valence-electron chi connectivity index (χ4n) is 2.00. The van der Waals surface area contributed by atoms with Crippen molar-refractivity contribution in [3.63, 3.8) is 0 Å². The predicted octanol–water partition coefficient (Wildman–Crippen LogP) is 1.64. The number of aryl methyl sites for hydroxylation is 2. The minimum atomic E-state index is -1.07. The Morgan fingerprint density at radius 3 is 1.71 bits per heavy atom. The molecule has 0 saturated heterocycles. The van der Waals surface area contributed by atoms with Crippen LogP contribution in [0.25, 0.3) is 0 Å². The van der Waals surface area contributed by atoms with E-state index in [-0.39, 0.29) is 0 Å². The molecule has 1 aliphatic carbocycles. The lowest BCUT2D eigenvalue weighted by Gasteiger charge is -2.12. The van der Waals surface area contributed by atoms with E-state index < -0.39 is 17.2 Å². The monoisotopic (exact) mass is 290 g/mol. The molecule has 1 saturated carbocycles. The number of carbonyl (C=O) groups excluding carboxylic acids is 2. The molecule has 3 rings (SSSR count). The summed E-state index contributed by atoms with van der Waals surface area (Å²) in [6.45, 7) is 3.43. The van der Waals surface area contributed by atoms with Crippen LogP contribution < -0.4 is 10.6 Å². The number of aromatic nitrogens is 2. The number of nitrogens with zero attached hydrogens (tertiary/aromatic N) is 2. The zero-order valence-electron chi connectivity index (χ0n) is 11.6. The molecule has 0 unspecified atom stereocenters. The molecule has 2 aromatic heterocycles. The molecule has 21 heavy (non-hydrogen) atoms. The first-order chi connectivity index (χ1) is 9.99. The lowest BCUT2D eigenvalue weighted by Crippen LogP contribution is -2.35. The quantitative estimate of drug-likeness (QED) is 0.828. The van der Waals surface area contributed by atoms with Crippen LogP contribution in [0.3, 0.4) is 0 Å². The lowest BCUT2D eigenvalue weighted by atomic mass is 10.1. The van der Waals surface area contributed by atoms with Crippen molar-refractivity contribution in [3.8, 4) is 0 Å². The molecule has 2 N–H and O–H groups in total. The SMILES string of the molecule is Cc1cc(NC(=O)C2(C(=O)Nc3cc(C)on3)CC2)no1. The van der Waals surface area contributed by atoms with Crippen molar-refractivity contribution >= 4 is 23.5 Å². The van der Waals surface area contributed by atoms with Crippen LogP contribution in [0.2, 0.25) is 0 Å². The van der Waals surface area contributed by atoms with Crippen molar-refractivity contribution in [2.24, 2.45) is 5.41 Å². The molecule has 0 bridgehead atoms. The second kappa shape index (κ2) is 4.72. The van der Waals surface area contributed by atoms with Crippen molar-refractivity contribution in [1.82, 2.24) is 10.3 Å². The molecule has 0 radical (unpaired) electrons. The van der Waals surface area contributed by atoms with Crippen molar-refractivity contribution in [3.05, 3.63) is 23.7 Å². The molecule has 2 aromatic rings. The van der Waals surface area contributed by atoms with E-state index in [9.17, 15) is 9.59 Å². The van der Waals surface area contributed by atoms with Gasteiger partial charge in [-0.15, -0.1) is 0 Å². The number of carbonyl (C=O) groups is 2. The summed E-state index contributed by atoms with van der Waals surface area (Å²) in [7, 11) is 0. The van der Waals surface area contributed by atoms with Gasteiger partial charge in [0, 0.05) is 12.1 Å². The molecule has 0 spiro atoms. The Morgan fingerprint density at radius 2 is 1.43 bits per heavy atom. The summed E-state index contributed by atoms with van der Waals surface area (Å²) < 4.78 is 9.74. The minimum Gasteiger partial charge on any atom is -0.360 e. The third-order valence-electron chi connectivity index (χ3n) is 3.36. The molecule has 0 atom stereocenters. The Kier molecular flexibility index (Phi) is 3.00. The zero-order chi connectivity index (χ0) is 15.0. The highest BCUT2D eigenvalue weighted by molar-refractivity contribution is 6.16. The van der Waals surface area contributed by atoms with Crippen LogP contribution >= 0.6 is 0 Å². The fourth-order valence-corrected chi connectivity index (χ4v) is 2.00. The number of hydrogen-bond donors (Lipinski definition) is 2. The highest BCUT2D eigenvalue weighted by atomic mass is 16.5. The molecular formula is C13H14N4O4. The van der Waals surface area contributed by atoms with Gasteiger partial charge in [0.2, 0.25) is 11.8 Å². The first kappa shape index (κ1) is 13.3. The Morgan fingerprint density at radius 1 is 1.00 bits per heavy atom. The van der Waals surface area contributed by atoms with E-state index in [4.69, 9.17) is 9.05 Å². The fraction of sp³-hybridized carbons (Fsp3) is 0.385. The lowest BCUT2D eigenvalue weighted by molar-refractivity contribution is -0.131. The van der Waals surface area contributed by atoms with Gasteiger partial charge in [-0.2, -0.15) is 0 Å². The third-order valence-corrected chi connectivity index (χ3v) is 3.36. The van der Waals surface area contributed by atoms with Crippen molar-refractivity contribution in [1.29, 1.82) is 0 Å². The second-order valence-electron chi connectivity index (χ2n) is 5.14. The zero-order valence-corrected chi connectivity index (χ0v) is 11.6. The van der Waals surface area contributed by atoms with Gasteiger partial charge in [-0.05, 0) is 26.7 Å². The van der Waals surface area contributed by atoms with Crippen LogP contribution in [-0.4, -0.2) is 22.1 Å². The van der Waals surface area contributed by atoms with Gasteiger partial charge >= 0.3 is 0 Å². The maximum absolute atomic E-state index is 12.2. The summed E-state index contributed by atoms with van der Waals surface area (Å²) in [4.78, 5) is 24.5. The normalized spacial score (nSPS) is 15.5. The van der Waals surface area contributed by atoms with Crippen LogP contribution in [0.5, 0.6) is 0 Å². The van der Waals surface area contributed by atoms with Gasteiger partial charge in [0.15, 0.2) is 11.6 Å². The predicted molar refractivity (Wildman–Crippen MR) is 71.4 cm³/mol. The summed E-state index contributed by atoms with van der Waals surface area (Å²) in [5.74, 6) is 0.972. The molecule has 2 amide bonds. The molecule has 1 fully saturated rings. The largest absolute Gasteiger partial charge is 0.360 e. The summed E-state index contributed by atoms with van der Waals surface area (Å²) in [5, 5.41) is 12.5. The van der Waals surface area contributed by atoms with E-state index in [1.807, 2.05) is 0 Å². The van der Waals surface area contributed by atoms with Crippen LogP contribution in [0.4, 0.5) is 11.6 Å². The van der Waals surface area contributed by atoms with E-state index in [1.54, 1.807) is 26.0 Å². The Hall–Kier alpha value is -2.64. The standard InChI is InChI=1S/C13H14N4O4/c1-7-5-9(16-20-7)14-11(18)13(3-4-13)12(19)15-10-6-8(2)21-17-10/h5-6H,3-4H2,1-2H3,(H,14,16,18)(H,15,17,19). The molecule has 0 aliphatic heterocycles. The van der Waals surface area contributed by atoms with E-state index in [2.05, 4.69) is 20.9 Å². The summed E-state index contributed by atoms with van der Waals surface area (Å²) >= 11 is 0. The average Bonchev–Trinajstić information content (AvgIpc) is 3.02. The topological polar surface area (TPSA) is 110 Å². The van der Waals surface area contributed by atoms with Gasteiger partial charge < -0.3 is 19.7 Å². The first-order valence-corrected chi connectivity index (χ1v) is 6.49. The Balaban J connectivity index is 1.68. The van der Waals surface area contributed by atoms with Crippen LogP contribution in [0.1, 0.15) is 24.4 Å².